The third-order valence-corrected chi connectivity index (χ3v) is 5.95. The lowest BCUT2D eigenvalue weighted by atomic mass is 10.1. The maximum absolute atomic E-state index is 13.1. The van der Waals surface area contributed by atoms with Crippen LogP contribution >= 0.6 is 0 Å². The van der Waals surface area contributed by atoms with Crippen LogP contribution in [0.2, 0.25) is 0 Å². The molecule has 0 saturated carbocycles. The van der Waals surface area contributed by atoms with Gasteiger partial charge in [-0.15, -0.1) is 0 Å². The standard InChI is InChI=1S/C28H26N2O3/c31-28(23-10-4-12-25(19-23)32-20-21-7-2-1-3-8-21)30-17-14-24(15-18-30)33-26-13-5-9-22-11-6-16-29-27(22)26/h1-13,16,19,24H,14-15,17-18,20H2. The average molecular weight is 439 g/mol. The average Bonchev–Trinajstić information content (AvgIpc) is 2.88. The lowest BCUT2D eigenvalue weighted by Crippen LogP contribution is -2.41. The number of amides is 1. The number of carbonyl (C=O) groups is 1. The molecule has 0 N–H and O–H groups in total. The number of benzene rings is 3. The Morgan fingerprint density at radius 1 is 0.909 bits per heavy atom. The molecule has 1 fully saturated rings. The number of piperidine rings is 1. The second-order valence-corrected chi connectivity index (χ2v) is 8.24. The van der Waals surface area contributed by atoms with E-state index in [1.165, 1.54) is 0 Å². The zero-order valence-corrected chi connectivity index (χ0v) is 18.4. The molecule has 0 unspecified atom stereocenters. The van der Waals surface area contributed by atoms with E-state index in [-0.39, 0.29) is 12.0 Å². The lowest BCUT2D eigenvalue weighted by molar-refractivity contribution is 0.0597. The number of pyridine rings is 1. The monoisotopic (exact) mass is 438 g/mol. The Morgan fingerprint density at radius 3 is 2.55 bits per heavy atom. The third-order valence-electron chi connectivity index (χ3n) is 5.95. The van der Waals surface area contributed by atoms with Gasteiger partial charge in [-0.2, -0.15) is 0 Å². The van der Waals surface area contributed by atoms with Crippen molar-refractivity contribution in [2.75, 3.05) is 13.1 Å². The molecule has 0 bridgehead atoms. The second kappa shape index (κ2) is 9.74. The Balaban J connectivity index is 1.18. The first-order chi connectivity index (χ1) is 16.3. The summed E-state index contributed by atoms with van der Waals surface area (Å²) in [6, 6.07) is 27.4. The van der Waals surface area contributed by atoms with Gasteiger partial charge in [0.1, 0.15) is 29.7 Å². The lowest BCUT2D eigenvalue weighted by Gasteiger charge is -2.32. The summed E-state index contributed by atoms with van der Waals surface area (Å²) in [5, 5.41) is 1.07. The fraction of sp³-hybridized carbons (Fsp3) is 0.214. The predicted molar refractivity (Wildman–Crippen MR) is 129 cm³/mol. The van der Waals surface area contributed by atoms with Crippen LogP contribution in [0.1, 0.15) is 28.8 Å². The van der Waals surface area contributed by atoms with Gasteiger partial charge in [-0.25, -0.2) is 0 Å². The molecule has 1 aliphatic rings. The quantitative estimate of drug-likeness (QED) is 0.399. The molecular weight excluding hydrogens is 412 g/mol. The number of likely N-dealkylation sites (tertiary alicyclic amines) is 1. The van der Waals surface area contributed by atoms with Gasteiger partial charge in [0, 0.05) is 43.1 Å². The summed E-state index contributed by atoms with van der Waals surface area (Å²) in [7, 11) is 0. The normalized spacial score (nSPS) is 14.2. The van der Waals surface area contributed by atoms with Gasteiger partial charge < -0.3 is 14.4 Å². The van der Waals surface area contributed by atoms with Crippen LogP contribution in [-0.2, 0) is 6.61 Å². The van der Waals surface area contributed by atoms with E-state index in [1.54, 1.807) is 6.20 Å². The van der Waals surface area contributed by atoms with Crippen LogP contribution in [0, 0.1) is 0 Å². The summed E-state index contributed by atoms with van der Waals surface area (Å²) in [5.74, 6) is 1.54. The molecule has 0 atom stereocenters. The summed E-state index contributed by atoms with van der Waals surface area (Å²) in [6.07, 6.45) is 3.44. The second-order valence-electron chi connectivity index (χ2n) is 8.24. The van der Waals surface area contributed by atoms with Crippen molar-refractivity contribution in [2.24, 2.45) is 0 Å². The highest BCUT2D eigenvalue weighted by Crippen LogP contribution is 2.27. The molecular formula is C28H26N2O3. The number of para-hydroxylation sites is 1. The van der Waals surface area contributed by atoms with Gasteiger partial charge in [0.25, 0.3) is 5.91 Å². The van der Waals surface area contributed by atoms with Crippen LogP contribution in [0.15, 0.2) is 91.1 Å². The number of fused-ring (bicyclic) bond motifs is 1. The molecule has 0 aliphatic carbocycles. The van der Waals surface area contributed by atoms with Crippen LogP contribution in [0.3, 0.4) is 0 Å². The number of ether oxygens (including phenoxy) is 2. The molecule has 0 radical (unpaired) electrons. The van der Waals surface area contributed by atoms with E-state index in [9.17, 15) is 4.79 Å². The maximum atomic E-state index is 13.1. The van der Waals surface area contributed by atoms with Crippen molar-refractivity contribution in [2.45, 2.75) is 25.6 Å². The van der Waals surface area contributed by atoms with Crippen molar-refractivity contribution >= 4 is 16.8 Å². The molecule has 5 nitrogen and oxygen atoms in total. The fourth-order valence-electron chi connectivity index (χ4n) is 4.17. The summed E-state index contributed by atoms with van der Waals surface area (Å²) in [4.78, 5) is 19.5. The third kappa shape index (κ3) is 4.98. The molecule has 3 aromatic carbocycles. The summed E-state index contributed by atoms with van der Waals surface area (Å²) < 4.78 is 12.2. The van der Waals surface area contributed by atoms with E-state index in [0.29, 0.717) is 31.0 Å². The highest BCUT2D eigenvalue weighted by molar-refractivity contribution is 5.94. The van der Waals surface area contributed by atoms with Crippen molar-refractivity contribution in [3.63, 3.8) is 0 Å². The highest BCUT2D eigenvalue weighted by atomic mass is 16.5. The molecule has 1 amide bonds. The van der Waals surface area contributed by atoms with Gasteiger partial charge in [0.15, 0.2) is 0 Å². The zero-order valence-electron chi connectivity index (χ0n) is 18.4. The van der Waals surface area contributed by atoms with E-state index in [4.69, 9.17) is 9.47 Å². The van der Waals surface area contributed by atoms with Crippen molar-refractivity contribution < 1.29 is 14.3 Å². The molecule has 33 heavy (non-hydrogen) atoms. The largest absolute Gasteiger partial charge is 0.489 e. The van der Waals surface area contributed by atoms with Crippen molar-refractivity contribution in [1.29, 1.82) is 0 Å². The van der Waals surface area contributed by atoms with E-state index >= 15 is 0 Å². The van der Waals surface area contributed by atoms with E-state index < -0.39 is 0 Å². The van der Waals surface area contributed by atoms with Crippen LogP contribution in [0.4, 0.5) is 0 Å². The minimum absolute atomic E-state index is 0.0328. The molecule has 1 aliphatic heterocycles. The Hall–Kier alpha value is -3.86. The molecule has 166 valence electrons. The Bertz CT molecular complexity index is 1230. The van der Waals surface area contributed by atoms with Crippen LogP contribution in [0.5, 0.6) is 11.5 Å². The number of hydrogen-bond acceptors (Lipinski definition) is 4. The fourth-order valence-corrected chi connectivity index (χ4v) is 4.17. The van der Waals surface area contributed by atoms with E-state index in [2.05, 4.69) is 4.98 Å². The van der Waals surface area contributed by atoms with E-state index in [1.807, 2.05) is 89.8 Å². The van der Waals surface area contributed by atoms with Crippen molar-refractivity contribution in [3.05, 3.63) is 102 Å². The number of aromatic nitrogens is 1. The Labute approximate surface area is 193 Å². The predicted octanol–water partition coefficient (Wildman–Crippen LogP) is 5.50. The van der Waals surface area contributed by atoms with Crippen LogP contribution in [-0.4, -0.2) is 35.0 Å². The van der Waals surface area contributed by atoms with Gasteiger partial charge in [-0.1, -0.05) is 54.6 Å². The highest BCUT2D eigenvalue weighted by Gasteiger charge is 2.25. The molecule has 1 saturated heterocycles. The topological polar surface area (TPSA) is 51.7 Å². The summed E-state index contributed by atoms with van der Waals surface area (Å²) >= 11 is 0. The molecule has 5 heteroatoms. The first-order valence-corrected chi connectivity index (χ1v) is 11.3. The maximum Gasteiger partial charge on any atom is 0.253 e. The van der Waals surface area contributed by atoms with Crippen LogP contribution in [0.25, 0.3) is 10.9 Å². The zero-order chi connectivity index (χ0) is 22.5. The Morgan fingerprint density at radius 2 is 1.70 bits per heavy atom. The molecule has 2 heterocycles. The van der Waals surface area contributed by atoms with Crippen molar-refractivity contribution in [1.82, 2.24) is 9.88 Å². The summed E-state index contributed by atoms with van der Waals surface area (Å²) in [6.45, 7) is 1.80. The Kier molecular flexibility index (Phi) is 6.20. The smallest absolute Gasteiger partial charge is 0.253 e. The molecule has 5 rings (SSSR count). The van der Waals surface area contributed by atoms with E-state index in [0.717, 1.165) is 35.1 Å². The van der Waals surface area contributed by atoms with Gasteiger partial charge in [0.2, 0.25) is 0 Å². The number of nitrogens with zero attached hydrogens (tertiary/aromatic N) is 2. The van der Waals surface area contributed by atoms with Gasteiger partial charge >= 0.3 is 0 Å². The van der Waals surface area contributed by atoms with Gasteiger partial charge in [0.05, 0.1) is 0 Å². The van der Waals surface area contributed by atoms with Crippen LogP contribution < -0.4 is 9.47 Å². The minimum atomic E-state index is 0.0328. The van der Waals surface area contributed by atoms with Crippen molar-refractivity contribution in [3.8, 4) is 11.5 Å². The van der Waals surface area contributed by atoms with Gasteiger partial charge in [-0.05, 0) is 35.9 Å². The molecule has 4 aromatic rings. The van der Waals surface area contributed by atoms with Gasteiger partial charge in [-0.3, -0.25) is 9.78 Å². The molecule has 1 aromatic heterocycles. The minimum Gasteiger partial charge on any atom is -0.489 e. The summed E-state index contributed by atoms with van der Waals surface area (Å²) in [5.41, 5.74) is 2.63. The number of hydrogen-bond donors (Lipinski definition) is 0. The first-order valence-electron chi connectivity index (χ1n) is 11.3. The SMILES string of the molecule is O=C(c1cccc(OCc2ccccc2)c1)N1CCC(Oc2cccc3cccnc23)CC1. The number of rotatable bonds is 6. The number of carbonyl (C=O) groups excluding carboxylic acids is 1. The molecule has 0 spiro atoms. The first kappa shape index (κ1) is 21.0.